The first kappa shape index (κ1) is 17.1. The number of hydrogen-bond donors (Lipinski definition) is 1. The van der Waals surface area contributed by atoms with E-state index in [1.54, 1.807) is 6.92 Å². The molecule has 2 unspecified atom stereocenters. The minimum absolute atomic E-state index is 0.0484. The van der Waals surface area contributed by atoms with Gasteiger partial charge in [0.2, 0.25) is 0 Å². The van der Waals surface area contributed by atoms with Gasteiger partial charge in [0.25, 0.3) is 5.91 Å². The highest BCUT2D eigenvalue weighted by Gasteiger charge is 2.18. The average molecular weight is 311 g/mol. The van der Waals surface area contributed by atoms with Crippen molar-refractivity contribution < 1.29 is 9.53 Å². The third-order valence-corrected chi connectivity index (χ3v) is 3.95. The maximum absolute atomic E-state index is 12.4. The minimum Gasteiger partial charge on any atom is -0.481 e. The van der Waals surface area contributed by atoms with Crippen LogP contribution in [0, 0.1) is 20.8 Å². The molecule has 0 saturated heterocycles. The van der Waals surface area contributed by atoms with E-state index in [2.05, 4.69) is 5.32 Å². The van der Waals surface area contributed by atoms with Crippen LogP contribution in [0.2, 0.25) is 0 Å². The van der Waals surface area contributed by atoms with Gasteiger partial charge in [-0.1, -0.05) is 42.0 Å². The lowest BCUT2D eigenvalue weighted by atomic mass is 10.1. The van der Waals surface area contributed by atoms with Crippen molar-refractivity contribution in [3.8, 4) is 5.75 Å². The Kier molecular flexibility index (Phi) is 5.43. The van der Waals surface area contributed by atoms with Gasteiger partial charge in [-0.05, 0) is 57.4 Å². The Morgan fingerprint density at radius 1 is 0.957 bits per heavy atom. The van der Waals surface area contributed by atoms with Crippen LogP contribution in [0.3, 0.4) is 0 Å². The molecule has 3 heteroatoms. The van der Waals surface area contributed by atoms with Crippen LogP contribution in [-0.4, -0.2) is 12.0 Å². The van der Waals surface area contributed by atoms with E-state index in [9.17, 15) is 4.79 Å². The van der Waals surface area contributed by atoms with Gasteiger partial charge < -0.3 is 10.1 Å². The SMILES string of the molecule is Cc1ccc(C(C)NC(=O)C(C)Oc2cc(C)ccc2C)cc1. The maximum Gasteiger partial charge on any atom is 0.261 e. The zero-order valence-electron chi connectivity index (χ0n) is 14.5. The average Bonchev–Trinajstić information content (AvgIpc) is 2.51. The minimum atomic E-state index is -0.539. The van der Waals surface area contributed by atoms with E-state index in [4.69, 9.17) is 4.74 Å². The first-order valence-corrected chi connectivity index (χ1v) is 7.97. The summed E-state index contributed by atoms with van der Waals surface area (Å²) in [6.07, 6.45) is -0.539. The maximum atomic E-state index is 12.4. The molecule has 0 aromatic heterocycles. The molecular weight excluding hydrogens is 286 g/mol. The van der Waals surface area contributed by atoms with Crippen molar-refractivity contribution in [3.63, 3.8) is 0 Å². The number of amides is 1. The number of carbonyl (C=O) groups excluding carboxylic acids is 1. The van der Waals surface area contributed by atoms with Gasteiger partial charge in [0.1, 0.15) is 5.75 Å². The Morgan fingerprint density at radius 2 is 1.57 bits per heavy atom. The standard InChI is InChI=1S/C20H25NO2/c1-13-7-10-18(11-8-13)16(4)21-20(22)17(5)23-19-12-14(2)6-9-15(19)3/h6-12,16-17H,1-5H3,(H,21,22). The summed E-state index contributed by atoms with van der Waals surface area (Å²) < 4.78 is 5.83. The van der Waals surface area contributed by atoms with Gasteiger partial charge in [-0.2, -0.15) is 0 Å². The van der Waals surface area contributed by atoms with Crippen LogP contribution in [0.15, 0.2) is 42.5 Å². The number of ether oxygens (including phenoxy) is 1. The molecule has 0 aliphatic heterocycles. The van der Waals surface area contributed by atoms with E-state index in [-0.39, 0.29) is 11.9 Å². The lowest BCUT2D eigenvalue weighted by Gasteiger charge is -2.20. The van der Waals surface area contributed by atoms with E-state index < -0.39 is 6.10 Å². The van der Waals surface area contributed by atoms with Crippen LogP contribution in [0.25, 0.3) is 0 Å². The summed E-state index contributed by atoms with van der Waals surface area (Å²) >= 11 is 0. The summed E-state index contributed by atoms with van der Waals surface area (Å²) in [6, 6.07) is 14.1. The molecular formula is C20H25NO2. The van der Waals surface area contributed by atoms with Gasteiger partial charge in [0.05, 0.1) is 6.04 Å². The second-order valence-electron chi connectivity index (χ2n) is 6.17. The zero-order chi connectivity index (χ0) is 17.0. The lowest BCUT2D eigenvalue weighted by molar-refractivity contribution is -0.127. The van der Waals surface area contributed by atoms with Gasteiger partial charge in [0, 0.05) is 0 Å². The molecule has 1 amide bonds. The fourth-order valence-corrected chi connectivity index (χ4v) is 2.35. The molecule has 0 aliphatic rings. The van der Waals surface area contributed by atoms with Crippen LogP contribution in [0.4, 0.5) is 0 Å². The van der Waals surface area contributed by atoms with Crippen LogP contribution >= 0.6 is 0 Å². The summed E-state index contributed by atoms with van der Waals surface area (Å²) in [5, 5.41) is 3.01. The van der Waals surface area contributed by atoms with Gasteiger partial charge in [-0.15, -0.1) is 0 Å². The largest absolute Gasteiger partial charge is 0.481 e. The molecule has 2 atom stereocenters. The van der Waals surface area contributed by atoms with Crippen LogP contribution in [0.1, 0.15) is 42.1 Å². The number of rotatable bonds is 5. The normalized spacial score (nSPS) is 13.3. The Bertz CT molecular complexity index is 677. The summed E-state index contributed by atoms with van der Waals surface area (Å²) in [5.74, 6) is 0.648. The van der Waals surface area contributed by atoms with Crippen LogP contribution in [0.5, 0.6) is 5.75 Å². The summed E-state index contributed by atoms with van der Waals surface area (Å²) in [5.41, 5.74) is 4.44. The Labute approximate surface area is 138 Å². The fraction of sp³-hybridized carbons (Fsp3) is 0.350. The third-order valence-electron chi connectivity index (χ3n) is 3.95. The number of aryl methyl sites for hydroxylation is 3. The van der Waals surface area contributed by atoms with Crippen molar-refractivity contribution in [3.05, 3.63) is 64.7 Å². The predicted octanol–water partition coefficient (Wildman–Crippen LogP) is 4.26. The first-order chi connectivity index (χ1) is 10.9. The van der Waals surface area contributed by atoms with Crippen molar-refractivity contribution in [1.29, 1.82) is 0 Å². The molecule has 0 aliphatic carbocycles. The molecule has 0 heterocycles. The highest BCUT2D eigenvalue weighted by Crippen LogP contribution is 2.21. The van der Waals surface area contributed by atoms with Crippen LogP contribution in [-0.2, 0) is 4.79 Å². The molecule has 1 N–H and O–H groups in total. The molecule has 0 saturated carbocycles. The van der Waals surface area contributed by atoms with E-state index in [1.807, 2.05) is 70.2 Å². The number of benzene rings is 2. The lowest BCUT2D eigenvalue weighted by Crippen LogP contribution is -2.37. The third kappa shape index (κ3) is 4.59. The molecule has 23 heavy (non-hydrogen) atoms. The molecule has 2 rings (SSSR count). The number of hydrogen-bond acceptors (Lipinski definition) is 2. The fourth-order valence-electron chi connectivity index (χ4n) is 2.35. The summed E-state index contributed by atoms with van der Waals surface area (Å²) in [7, 11) is 0. The highest BCUT2D eigenvalue weighted by atomic mass is 16.5. The first-order valence-electron chi connectivity index (χ1n) is 7.97. The van der Waals surface area contributed by atoms with Crippen molar-refractivity contribution in [2.24, 2.45) is 0 Å². The molecule has 0 fully saturated rings. The van der Waals surface area contributed by atoms with Crippen molar-refractivity contribution >= 4 is 5.91 Å². The van der Waals surface area contributed by atoms with E-state index >= 15 is 0 Å². The predicted molar refractivity (Wildman–Crippen MR) is 93.7 cm³/mol. The second kappa shape index (κ2) is 7.32. The van der Waals surface area contributed by atoms with Gasteiger partial charge in [-0.3, -0.25) is 4.79 Å². The van der Waals surface area contributed by atoms with E-state index in [0.29, 0.717) is 0 Å². The smallest absolute Gasteiger partial charge is 0.261 e. The monoisotopic (exact) mass is 311 g/mol. The molecule has 2 aromatic carbocycles. The Hall–Kier alpha value is -2.29. The quantitative estimate of drug-likeness (QED) is 0.896. The Balaban J connectivity index is 1.99. The van der Waals surface area contributed by atoms with Gasteiger partial charge in [0.15, 0.2) is 6.10 Å². The van der Waals surface area contributed by atoms with E-state index in [1.165, 1.54) is 5.56 Å². The summed E-state index contributed by atoms with van der Waals surface area (Å²) in [4.78, 5) is 12.4. The van der Waals surface area contributed by atoms with Crippen molar-refractivity contribution in [2.75, 3.05) is 0 Å². The molecule has 0 radical (unpaired) electrons. The van der Waals surface area contributed by atoms with Crippen molar-refractivity contribution in [2.45, 2.75) is 46.8 Å². The summed E-state index contributed by atoms with van der Waals surface area (Å²) in [6.45, 7) is 9.80. The zero-order valence-corrected chi connectivity index (χ0v) is 14.5. The Morgan fingerprint density at radius 3 is 2.22 bits per heavy atom. The molecule has 122 valence electrons. The van der Waals surface area contributed by atoms with Gasteiger partial charge in [-0.25, -0.2) is 0 Å². The van der Waals surface area contributed by atoms with Crippen molar-refractivity contribution in [1.82, 2.24) is 5.32 Å². The number of carbonyl (C=O) groups is 1. The molecule has 0 spiro atoms. The topological polar surface area (TPSA) is 38.3 Å². The number of nitrogens with one attached hydrogen (secondary N) is 1. The van der Waals surface area contributed by atoms with Crippen LogP contribution < -0.4 is 10.1 Å². The molecule has 0 bridgehead atoms. The van der Waals surface area contributed by atoms with Gasteiger partial charge >= 0.3 is 0 Å². The molecule has 3 nitrogen and oxygen atoms in total. The highest BCUT2D eigenvalue weighted by molar-refractivity contribution is 5.81. The van der Waals surface area contributed by atoms with E-state index in [0.717, 1.165) is 22.4 Å². The molecule has 2 aromatic rings. The second-order valence-corrected chi connectivity index (χ2v) is 6.17.